The van der Waals surface area contributed by atoms with Gasteiger partial charge < -0.3 is 30.2 Å². The van der Waals surface area contributed by atoms with E-state index in [1.807, 2.05) is 0 Å². The highest BCUT2D eigenvalue weighted by Crippen LogP contribution is 2.31. The molecule has 3 aromatic rings. The van der Waals surface area contributed by atoms with Gasteiger partial charge in [0.2, 0.25) is 17.4 Å². The van der Waals surface area contributed by atoms with Crippen LogP contribution in [0, 0.1) is 24.5 Å². The number of halogens is 2. The van der Waals surface area contributed by atoms with Gasteiger partial charge >= 0.3 is 6.03 Å². The van der Waals surface area contributed by atoms with Crippen LogP contribution in [0.5, 0.6) is 0 Å². The number of likely N-dealkylation sites (tertiary alicyclic amines) is 1. The van der Waals surface area contributed by atoms with Crippen molar-refractivity contribution in [1.29, 1.82) is 0 Å². The van der Waals surface area contributed by atoms with Crippen molar-refractivity contribution in [3.05, 3.63) is 53.4 Å². The number of urea groups is 1. The van der Waals surface area contributed by atoms with E-state index in [-0.39, 0.29) is 35.5 Å². The smallest absolute Gasteiger partial charge is 0.321 e. The summed E-state index contributed by atoms with van der Waals surface area (Å²) in [5.74, 6) is -2.73. The second-order valence-electron chi connectivity index (χ2n) is 9.60. The van der Waals surface area contributed by atoms with Crippen LogP contribution in [0.1, 0.15) is 29.1 Å². The molecular weight excluding hydrogens is 498 g/mol. The van der Waals surface area contributed by atoms with Crippen molar-refractivity contribution in [2.75, 3.05) is 49.5 Å². The standard InChI is InChI=1S/C26H28F2N6O4/c1-15-4-6-18-21(22(23(29)35)38-24(18)30-15)31-26(37)34-8-2-3-16(14-34)25(36)33-11-9-32(10-12-33)20-7-5-17(27)13-19(20)28/h4-7,13,16H,2-3,8-12,14H2,1H3,(H2,29,35)(H,31,37)/t16-/m1/s1. The molecule has 2 aliphatic rings. The molecule has 3 N–H and O–H groups in total. The van der Waals surface area contributed by atoms with Gasteiger partial charge in [0.15, 0.2) is 0 Å². The van der Waals surface area contributed by atoms with Crippen molar-refractivity contribution >= 4 is 40.3 Å². The molecule has 2 aliphatic heterocycles. The molecule has 38 heavy (non-hydrogen) atoms. The van der Waals surface area contributed by atoms with E-state index in [4.69, 9.17) is 10.2 Å². The van der Waals surface area contributed by atoms with Crippen molar-refractivity contribution in [1.82, 2.24) is 14.8 Å². The van der Waals surface area contributed by atoms with Gasteiger partial charge in [-0.25, -0.2) is 18.6 Å². The van der Waals surface area contributed by atoms with E-state index >= 15 is 0 Å². The Labute approximate surface area is 217 Å². The van der Waals surface area contributed by atoms with E-state index in [1.54, 1.807) is 33.8 Å². The number of hydrogen-bond donors (Lipinski definition) is 2. The van der Waals surface area contributed by atoms with Crippen molar-refractivity contribution in [2.45, 2.75) is 19.8 Å². The van der Waals surface area contributed by atoms with Crippen molar-refractivity contribution < 1.29 is 27.6 Å². The Morgan fingerprint density at radius 2 is 1.82 bits per heavy atom. The molecule has 0 bridgehead atoms. The Morgan fingerprint density at radius 1 is 1.05 bits per heavy atom. The maximum Gasteiger partial charge on any atom is 0.321 e. The first-order chi connectivity index (χ1) is 18.2. The molecule has 5 rings (SSSR count). The molecule has 4 heterocycles. The fourth-order valence-corrected chi connectivity index (χ4v) is 5.08. The van der Waals surface area contributed by atoms with E-state index in [1.165, 1.54) is 12.1 Å². The van der Waals surface area contributed by atoms with Gasteiger partial charge in [0.1, 0.15) is 17.3 Å². The van der Waals surface area contributed by atoms with E-state index < -0.39 is 23.6 Å². The third kappa shape index (κ3) is 4.98. The Kier molecular flexibility index (Phi) is 6.87. The number of piperazine rings is 1. The van der Waals surface area contributed by atoms with E-state index in [0.29, 0.717) is 62.3 Å². The predicted molar refractivity (Wildman–Crippen MR) is 136 cm³/mol. The molecule has 0 spiro atoms. The summed E-state index contributed by atoms with van der Waals surface area (Å²) in [6.07, 6.45) is 1.28. The number of furan rings is 1. The lowest BCUT2D eigenvalue weighted by Gasteiger charge is -2.39. The van der Waals surface area contributed by atoms with Gasteiger partial charge in [-0.2, -0.15) is 0 Å². The Balaban J connectivity index is 1.23. The average Bonchev–Trinajstić information content (AvgIpc) is 3.26. The Hall–Kier alpha value is -4.22. The van der Waals surface area contributed by atoms with Crippen LogP contribution in [0.25, 0.3) is 11.1 Å². The number of nitrogens with two attached hydrogens (primary N) is 1. The number of fused-ring (bicyclic) bond motifs is 1. The number of carbonyl (C=O) groups is 3. The molecular formula is C26H28F2N6O4. The molecule has 2 saturated heterocycles. The number of anilines is 2. The minimum absolute atomic E-state index is 0.0620. The average molecular weight is 527 g/mol. The van der Waals surface area contributed by atoms with E-state index in [9.17, 15) is 23.2 Å². The number of rotatable bonds is 4. The normalized spacial score (nSPS) is 18.1. The maximum absolute atomic E-state index is 14.2. The summed E-state index contributed by atoms with van der Waals surface area (Å²) in [5, 5.41) is 3.19. The minimum Gasteiger partial charge on any atom is -0.430 e. The molecule has 10 nitrogen and oxygen atoms in total. The number of aryl methyl sites for hydroxylation is 1. The summed E-state index contributed by atoms with van der Waals surface area (Å²) < 4.78 is 32.9. The molecule has 2 fully saturated rings. The van der Waals surface area contributed by atoms with Crippen LogP contribution in [0.4, 0.5) is 25.0 Å². The number of primary amides is 1. The molecule has 0 saturated carbocycles. The van der Waals surface area contributed by atoms with Gasteiger partial charge in [0, 0.05) is 51.0 Å². The van der Waals surface area contributed by atoms with E-state index in [0.717, 1.165) is 6.07 Å². The van der Waals surface area contributed by atoms with Gasteiger partial charge in [0.25, 0.3) is 5.91 Å². The summed E-state index contributed by atoms with van der Waals surface area (Å²) in [6.45, 7) is 4.07. The third-order valence-corrected chi connectivity index (χ3v) is 7.05. The first kappa shape index (κ1) is 25.4. The number of nitrogens with zero attached hydrogens (tertiary/aromatic N) is 4. The Morgan fingerprint density at radius 3 is 2.53 bits per heavy atom. The summed E-state index contributed by atoms with van der Waals surface area (Å²) in [6, 6.07) is 6.44. The highest BCUT2D eigenvalue weighted by atomic mass is 19.1. The van der Waals surface area contributed by atoms with Crippen LogP contribution < -0.4 is 16.0 Å². The number of aromatic nitrogens is 1. The zero-order chi connectivity index (χ0) is 27.0. The quantitative estimate of drug-likeness (QED) is 0.538. The lowest BCUT2D eigenvalue weighted by molar-refractivity contribution is -0.137. The topological polar surface area (TPSA) is 125 Å². The Bertz CT molecular complexity index is 1400. The van der Waals surface area contributed by atoms with Crippen LogP contribution in [-0.4, -0.2) is 71.9 Å². The minimum atomic E-state index is -0.831. The number of amides is 4. The second-order valence-corrected chi connectivity index (χ2v) is 9.60. The van der Waals surface area contributed by atoms with Crippen LogP contribution in [0.3, 0.4) is 0 Å². The highest BCUT2D eigenvalue weighted by Gasteiger charge is 2.34. The SMILES string of the molecule is Cc1ccc2c(NC(=O)N3CCC[C@@H](C(=O)N4CCN(c5ccc(F)cc5F)CC4)C3)c(C(N)=O)oc2n1. The molecule has 0 radical (unpaired) electrons. The number of carbonyl (C=O) groups excluding carboxylic acids is 3. The predicted octanol–water partition coefficient (Wildman–Crippen LogP) is 3.11. The van der Waals surface area contributed by atoms with E-state index in [2.05, 4.69) is 10.3 Å². The molecule has 1 atom stereocenters. The number of pyridine rings is 1. The largest absolute Gasteiger partial charge is 0.430 e. The van der Waals surface area contributed by atoms with Crippen LogP contribution in [0.15, 0.2) is 34.7 Å². The van der Waals surface area contributed by atoms with Gasteiger partial charge in [-0.15, -0.1) is 0 Å². The fraction of sp³-hybridized carbons (Fsp3) is 0.385. The van der Waals surface area contributed by atoms with Gasteiger partial charge in [-0.05, 0) is 44.0 Å². The summed E-state index contributed by atoms with van der Waals surface area (Å²) >= 11 is 0. The van der Waals surface area contributed by atoms with Crippen LogP contribution in [0.2, 0.25) is 0 Å². The first-order valence-electron chi connectivity index (χ1n) is 12.5. The maximum atomic E-state index is 14.2. The lowest BCUT2D eigenvalue weighted by atomic mass is 9.96. The molecule has 0 unspecified atom stereocenters. The highest BCUT2D eigenvalue weighted by molar-refractivity contribution is 6.09. The fourth-order valence-electron chi connectivity index (χ4n) is 5.08. The number of benzene rings is 1. The van der Waals surface area contributed by atoms with Crippen LogP contribution in [-0.2, 0) is 4.79 Å². The van der Waals surface area contributed by atoms with Crippen molar-refractivity contribution in [2.24, 2.45) is 11.7 Å². The second kappa shape index (κ2) is 10.3. The van der Waals surface area contributed by atoms with Gasteiger partial charge in [-0.1, -0.05) is 0 Å². The zero-order valence-electron chi connectivity index (χ0n) is 20.9. The molecule has 2 aromatic heterocycles. The van der Waals surface area contributed by atoms with Gasteiger partial charge in [0.05, 0.1) is 17.0 Å². The molecule has 200 valence electrons. The molecule has 4 amide bonds. The molecule has 0 aliphatic carbocycles. The lowest BCUT2D eigenvalue weighted by Crippen LogP contribution is -2.53. The summed E-state index contributed by atoms with van der Waals surface area (Å²) in [4.78, 5) is 47.7. The monoisotopic (exact) mass is 526 g/mol. The zero-order valence-corrected chi connectivity index (χ0v) is 20.9. The first-order valence-corrected chi connectivity index (χ1v) is 12.5. The van der Waals surface area contributed by atoms with Gasteiger partial charge in [-0.3, -0.25) is 9.59 Å². The molecule has 12 heteroatoms. The molecule has 1 aromatic carbocycles. The van der Waals surface area contributed by atoms with Crippen molar-refractivity contribution in [3.63, 3.8) is 0 Å². The number of hydrogen-bond acceptors (Lipinski definition) is 6. The van der Waals surface area contributed by atoms with Crippen LogP contribution >= 0.6 is 0 Å². The summed E-state index contributed by atoms with van der Waals surface area (Å²) in [7, 11) is 0. The number of piperidine rings is 1. The third-order valence-electron chi connectivity index (χ3n) is 7.05. The summed E-state index contributed by atoms with van der Waals surface area (Å²) in [5.41, 5.74) is 6.80. The van der Waals surface area contributed by atoms with Crippen molar-refractivity contribution in [3.8, 4) is 0 Å². The number of nitrogens with one attached hydrogen (secondary N) is 1.